The number of carbonyl (C=O) groups is 1. The number of carbonyl (C=O) groups excluding carboxylic acids is 1. The van der Waals surface area contributed by atoms with Gasteiger partial charge >= 0.3 is 6.18 Å². The third-order valence-corrected chi connectivity index (χ3v) is 4.70. The molecule has 1 amide bonds. The monoisotopic (exact) mass is 412 g/mol. The summed E-state index contributed by atoms with van der Waals surface area (Å²) < 4.78 is 54.8. The van der Waals surface area contributed by atoms with Gasteiger partial charge in [0, 0.05) is 0 Å². The third kappa shape index (κ3) is 5.44. The molecule has 0 unspecified atom stereocenters. The minimum absolute atomic E-state index is 0.0582. The maximum Gasteiger partial charge on any atom is 0.422 e. The first-order valence-corrected chi connectivity index (χ1v) is 8.95. The van der Waals surface area contributed by atoms with E-state index in [2.05, 4.69) is 10.3 Å². The molecule has 1 heterocycles. The van der Waals surface area contributed by atoms with Gasteiger partial charge in [-0.1, -0.05) is 12.1 Å². The molecule has 1 saturated carbocycles. The van der Waals surface area contributed by atoms with E-state index >= 15 is 0 Å². The van der Waals surface area contributed by atoms with Crippen LogP contribution in [-0.2, 0) is 15.9 Å². The Morgan fingerprint density at radius 2 is 2.00 bits per heavy atom. The number of rotatable bonds is 7. The predicted octanol–water partition coefficient (Wildman–Crippen LogP) is 3.56. The number of aromatic nitrogens is 1. The van der Waals surface area contributed by atoms with Crippen molar-refractivity contribution in [2.75, 3.05) is 6.61 Å². The fourth-order valence-electron chi connectivity index (χ4n) is 3.07. The summed E-state index contributed by atoms with van der Waals surface area (Å²) in [6.07, 6.45) is -2.58. The lowest BCUT2D eigenvalue weighted by molar-refractivity contribution is -0.153. The van der Waals surface area contributed by atoms with Gasteiger partial charge < -0.3 is 15.2 Å². The van der Waals surface area contributed by atoms with Gasteiger partial charge in [0.25, 0.3) is 0 Å². The average molecular weight is 412 g/mol. The Kier molecular flexibility index (Phi) is 5.53. The topological polar surface area (TPSA) is 71.5 Å². The number of halogens is 4. The molecular weight excluding hydrogens is 392 g/mol. The maximum absolute atomic E-state index is 13.0. The highest BCUT2D eigenvalue weighted by Crippen LogP contribution is 2.46. The van der Waals surface area contributed by atoms with Crippen molar-refractivity contribution in [1.82, 2.24) is 10.3 Å². The van der Waals surface area contributed by atoms with E-state index in [1.807, 2.05) is 0 Å². The van der Waals surface area contributed by atoms with Gasteiger partial charge in [-0.05, 0) is 49.6 Å². The van der Waals surface area contributed by atoms with Crippen LogP contribution < -0.4 is 10.1 Å². The zero-order valence-electron chi connectivity index (χ0n) is 15.6. The van der Waals surface area contributed by atoms with Crippen LogP contribution in [0.3, 0.4) is 0 Å². The van der Waals surface area contributed by atoms with Crippen LogP contribution in [0.4, 0.5) is 17.6 Å². The van der Waals surface area contributed by atoms with Gasteiger partial charge in [0.05, 0.1) is 23.9 Å². The normalized spacial score (nSPS) is 17.3. The van der Waals surface area contributed by atoms with Gasteiger partial charge in [0.1, 0.15) is 17.2 Å². The summed E-state index contributed by atoms with van der Waals surface area (Å²) in [7, 11) is 0. The molecule has 5 nitrogen and oxygen atoms in total. The Morgan fingerprint density at radius 3 is 2.59 bits per heavy atom. The average Bonchev–Trinajstić information content (AvgIpc) is 3.40. The van der Waals surface area contributed by atoms with Gasteiger partial charge in [0.15, 0.2) is 6.61 Å². The maximum atomic E-state index is 13.0. The second-order valence-electron chi connectivity index (χ2n) is 7.37. The SMILES string of the molecule is C[C@](O)(CC(=O)NC1(c2cccc(OCC(F)(F)F)c2)CC1)c1ccc(F)cn1. The minimum Gasteiger partial charge on any atom is -0.484 e. The summed E-state index contributed by atoms with van der Waals surface area (Å²) in [6.45, 7) is 0.00133. The van der Waals surface area contributed by atoms with Gasteiger partial charge in [-0.15, -0.1) is 0 Å². The zero-order chi connectivity index (χ0) is 21.3. The van der Waals surface area contributed by atoms with Crippen LogP contribution in [-0.4, -0.2) is 28.8 Å². The summed E-state index contributed by atoms with van der Waals surface area (Å²) >= 11 is 0. The number of amides is 1. The highest BCUT2D eigenvalue weighted by Gasteiger charge is 2.46. The van der Waals surface area contributed by atoms with Gasteiger partial charge in [0.2, 0.25) is 5.91 Å². The number of alkyl halides is 3. The van der Waals surface area contributed by atoms with Gasteiger partial charge in [-0.25, -0.2) is 4.39 Å². The van der Waals surface area contributed by atoms with Crippen molar-refractivity contribution >= 4 is 5.91 Å². The van der Waals surface area contributed by atoms with Crippen molar-refractivity contribution in [2.45, 2.75) is 43.5 Å². The largest absolute Gasteiger partial charge is 0.484 e. The second-order valence-corrected chi connectivity index (χ2v) is 7.37. The molecule has 0 bridgehead atoms. The summed E-state index contributed by atoms with van der Waals surface area (Å²) in [4.78, 5) is 16.3. The molecule has 1 aliphatic rings. The quantitative estimate of drug-likeness (QED) is 0.683. The van der Waals surface area contributed by atoms with Crippen molar-refractivity contribution in [2.24, 2.45) is 0 Å². The van der Waals surface area contributed by atoms with Crippen molar-refractivity contribution in [3.05, 3.63) is 59.7 Å². The molecule has 1 fully saturated rings. The standard InChI is InChI=1S/C20H20F4N2O3/c1-18(28,16-6-5-14(21)11-25-16)10-17(27)26-19(7-8-19)13-3-2-4-15(9-13)29-12-20(22,23)24/h2-6,9,11,28H,7-8,10,12H2,1H3,(H,26,27)/t18-/m0/s1. The first kappa shape index (κ1) is 21.0. The summed E-state index contributed by atoms with van der Waals surface area (Å²) in [6, 6.07) is 8.59. The first-order chi connectivity index (χ1) is 13.5. The molecule has 2 N–H and O–H groups in total. The van der Waals surface area contributed by atoms with E-state index in [0.29, 0.717) is 18.4 Å². The van der Waals surface area contributed by atoms with E-state index in [-0.39, 0.29) is 17.9 Å². The molecule has 2 aromatic rings. The van der Waals surface area contributed by atoms with Crippen LogP contribution >= 0.6 is 0 Å². The Labute approximate surface area is 164 Å². The predicted molar refractivity (Wildman–Crippen MR) is 95.4 cm³/mol. The molecule has 0 spiro atoms. The number of benzene rings is 1. The number of hydrogen-bond acceptors (Lipinski definition) is 4. The van der Waals surface area contributed by atoms with Crippen molar-refractivity contribution in [1.29, 1.82) is 0 Å². The van der Waals surface area contributed by atoms with E-state index < -0.39 is 35.6 Å². The molecule has 1 atom stereocenters. The fraction of sp³-hybridized carbons (Fsp3) is 0.400. The van der Waals surface area contributed by atoms with Gasteiger partial charge in [-0.2, -0.15) is 13.2 Å². The highest BCUT2D eigenvalue weighted by molar-refractivity contribution is 5.78. The van der Waals surface area contributed by atoms with Crippen LogP contribution in [0.2, 0.25) is 0 Å². The number of pyridine rings is 1. The van der Waals surface area contributed by atoms with Crippen LogP contribution in [0.1, 0.15) is 37.4 Å². The number of ether oxygens (including phenoxy) is 1. The van der Waals surface area contributed by atoms with E-state index in [9.17, 15) is 27.5 Å². The molecule has 156 valence electrons. The second kappa shape index (κ2) is 7.62. The molecule has 1 aromatic heterocycles. The lowest BCUT2D eigenvalue weighted by Crippen LogP contribution is -2.39. The highest BCUT2D eigenvalue weighted by atomic mass is 19.4. The van der Waals surface area contributed by atoms with E-state index in [0.717, 1.165) is 12.3 Å². The molecule has 0 aliphatic heterocycles. The Morgan fingerprint density at radius 1 is 1.28 bits per heavy atom. The first-order valence-electron chi connectivity index (χ1n) is 8.95. The van der Waals surface area contributed by atoms with Crippen molar-refractivity contribution < 1.29 is 32.2 Å². The Hall–Kier alpha value is -2.68. The number of hydrogen-bond donors (Lipinski definition) is 2. The zero-order valence-corrected chi connectivity index (χ0v) is 15.6. The van der Waals surface area contributed by atoms with E-state index in [4.69, 9.17) is 4.74 Å². The summed E-state index contributed by atoms with van der Waals surface area (Å²) in [5, 5.41) is 13.4. The van der Waals surface area contributed by atoms with Crippen LogP contribution in [0, 0.1) is 5.82 Å². The van der Waals surface area contributed by atoms with E-state index in [1.165, 1.54) is 25.1 Å². The number of aliphatic hydroxyl groups is 1. The minimum atomic E-state index is -4.44. The fourth-order valence-corrected chi connectivity index (χ4v) is 3.07. The Bertz CT molecular complexity index is 878. The molecule has 3 rings (SSSR count). The van der Waals surface area contributed by atoms with E-state index in [1.54, 1.807) is 12.1 Å². The van der Waals surface area contributed by atoms with Gasteiger partial charge in [-0.3, -0.25) is 9.78 Å². The smallest absolute Gasteiger partial charge is 0.422 e. The summed E-state index contributed by atoms with van der Waals surface area (Å²) in [5.41, 5.74) is -1.53. The number of nitrogens with one attached hydrogen (secondary N) is 1. The molecular formula is C20H20F4N2O3. The summed E-state index contributed by atoms with van der Waals surface area (Å²) in [5.74, 6) is -0.957. The van der Waals surface area contributed by atoms with Crippen LogP contribution in [0.15, 0.2) is 42.6 Å². The molecule has 0 saturated heterocycles. The van der Waals surface area contributed by atoms with Crippen molar-refractivity contribution in [3.63, 3.8) is 0 Å². The molecule has 9 heteroatoms. The lowest BCUT2D eigenvalue weighted by Gasteiger charge is -2.25. The third-order valence-electron chi connectivity index (χ3n) is 4.70. The lowest BCUT2D eigenvalue weighted by atomic mass is 9.96. The molecule has 29 heavy (non-hydrogen) atoms. The van der Waals surface area contributed by atoms with Crippen LogP contribution in [0.5, 0.6) is 5.75 Å². The molecule has 1 aliphatic carbocycles. The molecule has 1 aromatic carbocycles. The van der Waals surface area contributed by atoms with Crippen molar-refractivity contribution in [3.8, 4) is 5.75 Å². The van der Waals surface area contributed by atoms with Crippen LogP contribution in [0.25, 0.3) is 0 Å². The number of nitrogens with zero attached hydrogens (tertiary/aromatic N) is 1. The Balaban J connectivity index is 1.66. The molecule has 0 radical (unpaired) electrons.